The van der Waals surface area contributed by atoms with Crippen molar-refractivity contribution in [2.45, 2.75) is 20.0 Å². The number of carbonyl (C=O) groups excluding carboxylic acids is 1. The molecule has 100 valence electrons. The molecular weight excluding hydrogens is 264 g/mol. The van der Waals surface area contributed by atoms with Gasteiger partial charge in [-0.05, 0) is 25.1 Å². The van der Waals surface area contributed by atoms with Crippen LogP contribution < -0.4 is 10.6 Å². The Morgan fingerprint density at radius 1 is 1.47 bits per heavy atom. The Hall–Kier alpha value is -2.01. The molecule has 0 atom stereocenters. The van der Waals surface area contributed by atoms with E-state index in [2.05, 4.69) is 15.7 Å². The number of hydrogen-bond acceptors (Lipinski definition) is 2. The van der Waals surface area contributed by atoms with Crippen LogP contribution in [0.4, 0.5) is 10.5 Å². The van der Waals surface area contributed by atoms with Crippen molar-refractivity contribution in [3.05, 3.63) is 47.2 Å². The highest BCUT2D eigenvalue weighted by Crippen LogP contribution is 2.14. The van der Waals surface area contributed by atoms with E-state index in [1.807, 2.05) is 17.8 Å². The molecule has 1 aromatic carbocycles. The molecule has 6 heteroatoms. The molecule has 0 saturated heterocycles. The van der Waals surface area contributed by atoms with Crippen LogP contribution in [0.2, 0.25) is 5.02 Å². The molecule has 2 amide bonds. The minimum Gasteiger partial charge on any atom is -0.334 e. The van der Waals surface area contributed by atoms with Gasteiger partial charge in [-0.1, -0.05) is 17.7 Å². The van der Waals surface area contributed by atoms with Gasteiger partial charge in [0.25, 0.3) is 0 Å². The molecule has 19 heavy (non-hydrogen) atoms. The average molecular weight is 279 g/mol. The second-order valence-electron chi connectivity index (χ2n) is 4.02. The first kappa shape index (κ1) is 13.4. The quantitative estimate of drug-likeness (QED) is 0.903. The van der Waals surface area contributed by atoms with Gasteiger partial charge < -0.3 is 10.6 Å². The van der Waals surface area contributed by atoms with E-state index in [-0.39, 0.29) is 6.03 Å². The van der Waals surface area contributed by atoms with Crippen molar-refractivity contribution in [2.24, 2.45) is 0 Å². The largest absolute Gasteiger partial charge is 0.334 e. The molecule has 0 aliphatic heterocycles. The molecule has 0 fully saturated rings. The Morgan fingerprint density at radius 2 is 2.32 bits per heavy atom. The van der Waals surface area contributed by atoms with Crippen molar-refractivity contribution in [1.29, 1.82) is 0 Å². The minimum atomic E-state index is -0.272. The normalized spacial score (nSPS) is 10.2. The summed E-state index contributed by atoms with van der Waals surface area (Å²) in [6.45, 7) is 3.26. The number of nitrogens with one attached hydrogen (secondary N) is 2. The lowest BCUT2D eigenvalue weighted by Crippen LogP contribution is -2.28. The van der Waals surface area contributed by atoms with Gasteiger partial charge in [0.15, 0.2) is 0 Å². The smallest absolute Gasteiger partial charge is 0.319 e. The third kappa shape index (κ3) is 3.99. The van der Waals surface area contributed by atoms with Gasteiger partial charge in [-0.3, -0.25) is 4.68 Å². The van der Waals surface area contributed by atoms with Crippen molar-refractivity contribution >= 4 is 23.3 Å². The van der Waals surface area contributed by atoms with Gasteiger partial charge in [0.1, 0.15) is 0 Å². The molecule has 0 saturated carbocycles. The standard InChI is InChI=1S/C13H15ClN4O/c1-2-18-9-10(8-16-18)7-15-13(19)17-12-5-3-4-11(14)6-12/h3-6,8-9H,2,7H2,1H3,(H2,15,17,19). The van der Waals surface area contributed by atoms with E-state index < -0.39 is 0 Å². The number of halogens is 1. The van der Waals surface area contributed by atoms with Crippen molar-refractivity contribution in [1.82, 2.24) is 15.1 Å². The molecule has 2 N–H and O–H groups in total. The van der Waals surface area contributed by atoms with Gasteiger partial charge in [-0.2, -0.15) is 5.10 Å². The lowest BCUT2D eigenvalue weighted by molar-refractivity contribution is 0.251. The van der Waals surface area contributed by atoms with Crippen molar-refractivity contribution < 1.29 is 4.79 Å². The Bertz CT molecular complexity index is 567. The summed E-state index contributed by atoms with van der Waals surface area (Å²) in [4.78, 5) is 11.7. The summed E-state index contributed by atoms with van der Waals surface area (Å²) in [7, 11) is 0. The van der Waals surface area contributed by atoms with Crippen LogP contribution in [0.15, 0.2) is 36.7 Å². The number of rotatable bonds is 4. The lowest BCUT2D eigenvalue weighted by atomic mass is 10.3. The minimum absolute atomic E-state index is 0.272. The van der Waals surface area contributed by atoms with Crippen molar-refractivity contribution in [3.63, 3.8) is 0 Å². The summed E-state index contributed by atoms with van der Waals surface area (Å²) in [6.07, 6.45) is 3.64. The third-order valence-electron chi connectivity index (χ3n) is 2.55. The Labute approximate surface area is 116 Å². The predicted octanol–water partition coefficient (Wildman–Crippen LogP) is 2.88. The highest BCUT2D eigenvalue weighted by atomic mass is 35.5. The Balaban J connectivity index is 1.84. The SMILES string of the molecule is CCn1cc(CNC(=O)Nc2cccc(Cl)c2)cn1. The van der Waals surface area contributed by atoms with Crippen LogP contribution >= 0.6 is 11.6 Å². The van der Waals surface area contributed by atoms with Gasteiger partial charge in [-0.15, -0.1) is 0 Å². The summed E-state index contributed by atoms with van der Waals surface area (Å²) >= 11 is 5.84. The molecule has 0 unspecified atom stereocenters. The first-order valence-corrected chi connectivity index (χ1v) is 6.37. The molecule has 2 aromatic rings. The van der Waals surface area contributed by atoms with Crippen LogP contribution in [0, 0.1) is 0 Å². The zero-order valence-electron chi connectivity index (χ0n) is 10.6. The first-order valence-electron chi connectivity index (χ1n) is 5.99. The lowest BCUT2D eigenvalue weighted by Gasteiger charge is -2.06. The number of carbonyl (C=O) groups is 1. The zero-order valence-corrected chi connectivity index (χ0v) is 11.3. The first-order chi connectivity index (χ1) is 9.17. The number of hydrogen-bond donors (Lipinski definition) is 2. The third-order valence-corrected chi connectivity index (χ3v) is 2.78. The molecule has 0 aliphatic carbocycles. The molecule has 1 aromatic heterocycles. The molecule has 0 radical (unpaired) electrons. The monoisotopic (exact) mass is 278 g/mol. The van der Waals surface area contributed by atoms with Gasteiger partial charge in [0, 0.05) is 35.6 Å². The van der Waals surface area contributed by atoms with Crippen molar-refractivity contribution in [3.8, 4) is 0 Å². The van der Waals surface area contributed by atoms with E-state index in [0.29, 0.717) is 17.3 Å². The second kappa shape index (κ2) is 6.24. The van der Waals surface area contributed by atoms with E-state index in [4.69, 9.17) is 11.6 Å². The van der Waals surface area contributed by atoms with Gasteiger partial charge in [-0.25, -0.2) is 4.79 Å². The Morgan fingerprint density at radius 3 is 3.00 bits per heavy atom. The summed E-state index contributed by atoms with van der Waals surface area (Å²) in [5, 5.41) is 10.2. The summed E-state index contributed by atoms with van der Waals surface area (Å²) in [6, 6.07) is 6.73. The van der Waals surface area contributed by atoms with Gasteiger partial charge >= 0.3 is 6.03 Å². The molecule has 0 bridgehead atoms. The van der Waals surface area contributed by atoms with Gasteiger partial charge in [0.05, 0.1) is 6.20 Å². The van der Waals surface area contributed by atoms with E-state index in [0.717, 1.165) is 12.1 Å². The van der Waals surface area contributed by atoms with Crippen LogP contribution in [0.3, 0.4) is 0 Å². The highest BCUT2D eigenvalue weighted by molar-refractivity contribution is 6.30. The fourth-order valence-corrected chi connectivity index (χ4v) is 1.78. The maximum Gasteiger partial charge on any atom is 0.319 e. The predicted molar refractivity (Wildman–Crippen MR) is 75.2 cm³/mol. The summed E-state index contributed by atoms with van der Waals surface area (Å²) in [5.74, 6) is 0. The van der Waals surface area contributed by atoms with Crippen LogP contribution in [0.5, 0.6) is 0 Å². The number of anilines is 1. The van der Waals surface area contributed by atoms with Crippen molar-refractivity contribution in [2.75, 3.05) is 5.32 Å². The molecule has 0 aliphatic rings. The molecule has 1 heterocycles. The Kier molecular flexibility index (Phi) is 4.41. The number of urea groups is 1. The van der Waals surface area contributed by atoms with E-state index >= 15 is 0 Å². The van der Waals surface area contributed by atoms with Crippen LogP contribution in [0.1, 0.15) is 12.5 Å². The second-order valence-corrected chi connectivity index (χ2v) is 4.46. The number of aryl methyl sites for hydroxylation is 1. The fourth-order valence-electron chi connectivity index (χ4n) is 1.59. The highest BCUT2D eigenvalue weighted by Gasteiger charge is 2.03. The van der Waals surface area contributed by atoms with Gasteiger partial charge in [0.2, 0.25) is 0 Å². The van der Waals surface area contributed by atoms with Crippen LogP contribution in [-0.2, 0) is 13.1 Å². The number of amides is 2. The molecule has 0 spiro atoms. The van der Waals surface area contributed by atoms with Crippen LogP contribution in [-0.4, -0.2) is 15.8 Å². The summed E-state index contributed by atoms with van der Waals surface area (Å²) in [5.41, 5.74) is 1.62. The fraction of sp³-hybridized carbons (Fsp3) is 0.231. The molecular formula is C13H15ClN4O. The summed E-state index contributed by atoms with van der Waals surface area (Å²) < 4.78 is 1.81. The maximum absolute atomic E-state index is 11.7. The molecule has 2 rings (SSSR count). The topological polar surface area (TPSA) is 59.0 Å². The molecule has 5 nitrogen and oxygen atoms in total. The van der Waals surface area contributed by atoms with Crippen LogP contribution in [0.25, 0.3) is 0 Å². The number of nitrogens with zero attached hydrogens (tertiary/aromatic N) is 2. The van der Waals surface area contributed by atoms with E-state index in [1.54, 1.807) is 30.5 Å². The number of aromatic nitrogens is 2. The number of benzene rings is 1. The van der Waals surface area contributed by atoms with E-state index in [1.165, 1.54) is 0 Å². The zero-order chi connectivity index (χ0) is 13.7. The van der Waals surface area contributed by atoms with E-state index in [9.17, 15) is 4.79 Å². The average Bonchev–Trinajstić information content (AvgIpc) is 2.84. The maximum atomic E-state index is 11.7.